The van der Waals surface area contributed by atoms with E-state index in [1.54, 1.807) is 18.0 Å². The SMILES string of the molecule is CNc1cc(N2CCc3c(-c4ccc(CN5CC6(CN(Cc7ccc(Cl)c(C8CCC(=O)NC8=O)c7)CC6(F)F)C5)cn4)cccc32)nn2c(C(N)=O)cnc12. The van der Waals surface area contributed by atoms with E-state index < -0.39 is 23.2 Å². The third-order valence-electron chi connectivity index (χ3n) is 11.6. The average Bonchev–Trinajstić information content (AvgIpc) is 3.86. The van der Waals surface area contributed by atoms with Gasteiger partial charge in [0.15, 0.2) is 11.5 Å². The van der Waals surface area contributed by atoms with Crippen LogP contribution >= 0.6 is 11.6 Å². The first kappa shape index (κ1) is 36.1. The van der Waals surface area contributed by atoms with Gasteiger partial charge in [-0.1, -0.05) is 41.9 Å². The highest BCUT2D eigenvalue weighted by molar-refractivity contribution is 6.31. The molecule has 1 atom stereocenters. The number of fused-ring (bicyclic) bond motifs is 2. The van der Waals surface area contributed by atoms with Crippen molar-refractivity contribution in [3.63, 3.8) is 0 Å². The number of pyridine rings is 1. The molecule has 0 bridgehead atoms. The third-order valence-corrected chi connectivity index (χ3v) is 12.0. The molecule has 2 aromatic carbocycles. The van der Waals surface area contributed by atoms with E-state index in [1.165, 1.54) is 10.7 Å². The van der Waals surface area contributed by atoms with Crippen molar-refractivity contribution in [3.05, 3.63) is 100.0 Å². The van der Waals surface area contributed by atoms with Crippen LogP contribution in [0.1, 0.15) is 51.5 Å². The number of hydrogen-bond acceptors (Lipinski definition) is 10. The van der Waals surface area contributed by atoms with Crippen LogP contribution in [-0.4, -0.2) is 92.8 Å². The molecule has 13 nitrogen and oxygen atoms in total. The minimum absolute atomic E-state index is 0.195. The molecule has 3 amide bonds. The molecule has 0 aliphatic carbocycles. The van der Waals surface area contributed by atoms with Crippen LogP contribution in [0.5, 0.6) is 0 Å². The fraction of sp³-hybridized carbons (Fsp3) is 0.350. The molecule has 16 heteroatoms. The van der Waals surface area contributed by atoms with E-state index in [2.05, 4.69) is 20.5 Å². The molecule has 4 aliphatic rings. The Morgan fingerprint density at radius 3 is 2.48 bits per heavy atom. The lowest BCUT2D eigenvalue weighted by atomic mass is 9.76. The van der Waals surface area contributed by atoms with Gasteiger partial charge in [-0.25, -0.2) is 18.3 Å². The van der Waals surface area contributed by atoms with Gasteiger partial charge in [0.2, 0.25) is 11.8 Å². The predicted molar refractivity (Wildman–Crippen MR) is 206 cm³/mol. The lowest BCUT2D eigenvalue weighted by Crippen LogP contribution is -2.63. The number of primary amides is 1. The highest BCUT2D eigenvalue weighted by Gasteiger charge is 2.65. The molecule has 0 saturated carbocycles. The number of imidazole rings is 1. The van der Waals surface area contributed by atoms with Gasteiger partial charge in [0.25, 0.3) is 11.8 Å². The van der Waals surface area contributed by atoms with Crippen molar-refractivity contribution in [2.45, 2.75) is 44.2 Å². The number of imide groups is 1. The fourth-order valence-corrected chi connectivity index (χ4v) is 9.16. The van der Waals surface area contributed by atoms with E-state index in [0.29, 0.717) is 53.8 Å². The van der Waals surface area contributed by atoms with Crippen molar-refractivity contribution in [2.75, 3.05) is 50.0 Å². The number of carbonyl (C=O) groups is 3. The van der Waals surface area contributed by atoms with Crippen LogP contribution in [0.15, 0.2) is 67.0 Å². The summed E-state index contributed by atoms with van der Waals surface area (Å²) < 4.78 is 32.7. The van der Waals surface area contributed by atoms with E-state index in [0.717, 1.165) is 40.1 Å². The second-order valence-electron chi connectivity index (χ2n) is 15.3. The molecule has 288 valence electrons. The molecule has 56 heavy (non-hydrogen) atoms. The summed E-state index contributed by atoms with van der Waals surface area (Å²) in [5, 5.41) is 10.7. The zero-order valence-corrected chi connectivity index (χ0v) is 31.3. The van der Waals surface area contributed by atoms with Crippen LogP contribution in [-0.2, 0) is 29.1 Å². The number of piperidine rings is 1. The summed E-state index contributed by atoms with van der Waals surface area (Å²) in [6.07, 6.45) is 4.60. The molecule has 4 aliphatic heterocycles. The number of alkyl halides is 2. The molecular weight excluding hydrogens is 742 g/mol. The van der Waals surface area contributed by atoms with E-state index in [9.17, 15) is 14.4 Å². The minimum Gasteiger partial charge on any atom is -0.385 e. The Morgan fingerprint density at radius 2 is 1.75 bits per heavy atom. The standard InChI is InChI=1S/C40H39ClF2N10O3/c1-45-31-14-34(49-53-33(36(44)55)16-47-37(31)53)52-12-11-26-25(3-2-4-32(26)52)30-9-6-24(15-46-30)18-50-19-39(20-50)21-51(22-40(39,42)43)17-23-5-8-29(41)28(13-23)27-7-10-35(54)48-38(27)56/h2-6,8-9,13-16,27,45H,7,10-12,17-22H2,1H3,(H2,44,55)(H,48,54,56). The number of halogens is 3. The van der Waals surface area contributed by atoms with Gasteiger partial charge >= 0.3 is 0 Å². The molecule has 4 N–H and O–H groups in total. The van der Waals surface area contributed by atoms with Gasteiger partial charge in [0, 0.05) is 81.3 Å². The summed E-state index contributed by atoms with van der Waals surface area (Å²) in [7, 11) is 1.79. The van der Waals surface area contributed by atoms with Crippen LogP contribution in [0.25, 0.3) is 16.9 Å². The Morgan fingerprint density at radius 1 is 0.982 bits per heavy atom. The fourth-order valence-electron chi connectivity index (χ4n) is 8.91. The molecule has 3 fully saturated rings. The topological polar surface area (TPSA) is 154 Å². The maximum Gasteiger partial charge on any atom is 0.269 e. The first-order valence-electron chi connectivity index (χ1n) is 18.6. The van der Waals surface area contributed by atoms with E-state index >= 15 is 8.78 Å². The predicted octanol–water partition coefficient (Wildman–Crippen LogP) is 4.75. The maximum atomic E-state index is 15.6. The number of nitrogens with zero attached hydrogens (tertiary/aromatic N) is 7. The van der Waals surface area contributed by atoms with Crippen LogP contribution in [0.2, 0.25) is 5.02 Å². The van der Waals surface area contributed by atoms with Crippen LogP contribution in [0.3, 0.4) is 0 Å². The first-order chi connectivity index (χ1) is 26.9. The lowest BCUT2D eigenvalue weighted by Gasteiger charge is -2.50. The maximum absolute atomic E-state index is 15.6. The van der Waals surface area contributed by atoms with Crippen molar-refractivity contribution in [3.8, 4) is 11.3 Å². The second-order valence-corrected chi connectivity index (χ2v) is 15.7. The zero-order valence-electron chi connectivity index (χ0n) is 30.6. The Hall–Kier alpha value is -5.51. The van der Waals surface area contributed by atoms with Crippen LogP contribution in [0, 0.1) is 5.41 Å². The van der Waals surface area contributed by atoms with Crippen LogP contribution in [0.4, 0.5) is 26.0 Å². The molecule has 9 rings (SSSR count). The number of anilines is 3. The molecule has 3 aromatic heterocycles. The van der Waals surface area contributed by atoms with Crippen LogP contribution < -0.4 is 21.3 Å². The summed E-state index contributed by atoms with van der Waals surface area (Å²) in [6, 6.07) is 17.3. The molecule has 1 spiro atoms. The number of hydrogen-bond donors (Lipinski definition) is 3. The smallest absolute Gasteiger partial charge is 0.269 e. The molecule has 5 aromatic rings. The Kier molecular flexibility index (Phi) is 8.78. The number of nitrogens with two attached hydrogens (primary N) is 1. The number of nitrogens with one attached hydrogen (secondary N) is 2. The second kappa shape index (κ2) is 13.6. The largest absolute Gasteiger partial charge is 0.385 e. The highest BCUT2D eigenvalue weighted by atomic mass is 35.5. The van der Waals surface area contributed by atoms with Gasteiger partial charge in [-0.15, -0.1) is 5.10 Å². The lowest BCUT2D eigenvalue weighted by molar-refractivity contribution is -0.159. The number of rotatable bonds is 9. The monoisotopic (exact) mass is 780 g/mol. The van der Waals surface area contributed by atoms with Gasteiger partial charge in [-0.2, -0.15) is 0 Å². The summed E-state index contributed by atoms with van der Waals surface area (Å²) in [4.78, 5) is 51.3. The molecule has 0 radical (unpaired) electrons. The summed E-state index contributed by atoms with van der Waals surface area (Å²) in [6.45, 7) is 1.97. The quantitative estimate of drug-likeness (QED) is 0.179. The molecule has 7 heterocycles. The Balaban J connectivity index is 0.857. The van der Waals surface area contributed by atoms with E-state index in [-0.39, 0.29) is 50.1 Å². The van der Waals surface area contributed by atoms with Crippen molar-refractivity contribution in [2.24, 2.45) is 11.1 Å². The van der Waals surface area contributed by atoms with E-state index in [4.69, 9.17) is 27.4 Å². The van der Waals surface area contributed by atoms with Crippen molar-refractivity contribution < 1.29 is 23.2 Å². The van der Waals surface area contributed by atoms with Crippen molar-refractivity contribution in [1.29, 1.82) is 0 Å². The van der Waals surface area contributed by atoms with Gasteiger partial charge in [0.05, 0.1) is 35.5 Å². The third kappa shape index (κ3) is 6.14. The van der Waals surface area contributed by atoms with E-state index in [1.807, 2.05) is 59.6 Å². The first-order valence-corrected chi connectivity index (χ1v) is 19.0. The number of benzene rings is 2. The van der Waals surface area contributed by atoms with Crippen molar-refractivity contribution >= 4 is 52.2 Å². The van der Waals surface area contributed by atoms with Gasteiger partial charge in [0.1, 0.15) is 5.69 Å². The Bertz CT molecular complexity index is 2420. The Labute approximate surface area is 325 Å². The number of amides is 3. The van der Waals surface area contributed by atoms with Crippen molar-refractivity contribution in [1.82, 2.24) is 34.7 Å². The number of likely N-dealkylation sites (tertiary alicyclic amines) is 2. The summed E-state index contributed by atoms with van der Waals surface area (Å²) >= 11 is 6.45. The minimum atomic E-state index is -2.86. The number of aromatic nitrogens is 4. The van der Waals surface area contributed by atoms with Gasteiger partial charge in [-0.3, -0.25) is 34.5 Å². The molecule has 3 saturated heterocycles. The summed E-state index contributed by atoms with van der Waals surface area (Å²) in [5.41, 5.74) is 12.2. The molecule has 1 unspecified atom stereocenters. The molecular formula is C40H39ClF2N10O3. The highest BCUT2D eigenvalue weighted by Crippen LogP contribution is 2.51. The zero-order chi connectivity index (χ0) is 38.9. The van der Waals surface area contributed by atoms with Gasteiger partial charge in [-0.05, 0) is 53.3 Å². The summed E-state index contributed by atoms with van der Waals surface area (Å²) in [5.74, 6) is -4.06. The average molecular weight is 781 g/mol. The number of carbonyl (C=O) groups excluding carboxylic acids is 3. The normalized spacial score (nSPS) is 20.4. The van der Waals surface area contributed by atoms with Gasteiger partial charge < -0.3 is 16.0 Å².